The fourth-order valence-electron chi connectivity index (χ4n) is 3.00. The van der Waals surface area contributed by atoms with Gasteiger partial charge in [0.1, 0.15) is 36.3 Å². The largest absolute Gasteiger partial charge is 0.489 e. The Hall–Kier alpha value is -3.75. The van der Waals surface area contributed by atoms with Crippen molar-refractivity contribution < 1.29 is 27.6 Å². The maximum atomic E-state index is 14.2. The summed E-state index contributed by atoms with van der Waals surface area (Å²) in [5, 5.41) is 6.09. The molecule has 1 aromatic heterocycles. The van der Waals surface area contributed by atoms with Gasteiger partial charge in [0.25, 0.3) is 11.8 Å². The first-order chi connectivity index (χ1) is 14.0. The number of fused-ring (bicyclic) bond motifs is 1. The number of nitrogens with one attached hydrogen (secondary N) is 1. The highest BCUT2D eigenvalue weighted by Crippen LogP contribution is 2.32. The molecule has 4 rings (SSSR count). The van der Waals surface area contributed by atoms with Crippen LogP contribution in [0.25, 0.3) is 0 Å². The minimum Gasteiger partial charge on any atom is -0.489 e. The van der Waals surface area contributed by atoms with Crippen molar-refractivity contribution in [2.24, 2.45) is 0 Å². The Labute approximate surface area is 163 Å². The number of aromatic nitrogens is 1. The van der Waals surface area contributed by atoms with Gasteiger partial charge in [0, 0.05) is 17.7 Å². The van der Waals surface area contributed by atoms with E-state index >= 15 is 0 Å². The van der Waals surface area contributed by atoms with Gasteiger partial charge >= 0.3 is 0 Å². The highest BCUT2D eigenvalue weighted by Gasteiger charge is 2.33. The third kappa shape index (κ3) is 3.79. The molecule has 2 aromatic carbocycles. The van der Waals surface area contributed by atoms with Crippen molar-refractivity contribution in [2.75, 3.05) is 11.5 Å². The Morgan fingerprint density at radius 2 is 2.03 bits per heavy atom. The molecule has 1 N–H and O–H groups in total. The highest BCUT2D eigenvalue weighted by molar-refractivity contribution is 6.03. The molecule has 0 spiro atoms. The van der Waals surface area contributed by atoms with Gasteiger partial charge in [-0.15, -0.1) is 0 Å². The Bertz CT molecular complexity index is 1060. The number of benzene rings is 2. The molecule has 1 unspecified atom stereocenters. The van der Waals surface area contributed by atoms with E-state index in [1.165, 1.54) is 23.3 Å². The van der Waals surface area contributed by atoms with Crippen LogP contribution in [0.3, 0.4) is 0 Å². The molecule has 1 aliphatic rings. The van der Waals surface area contributed by atoms with Crippen LogP contribution in [0.2, 0.25) is 0 Å². The number of amides is 2. The average molecular weight is 399 g/mol. The van der Waals surface area contributed by atoms with E-state index in [0.717, 1.165) is 12.1 Å². The monoisotopic (exact) mass is 399 g/mol. The quantitative estimate of drug-likeness (QED) is 0.729. The fraction of sp³-hybridized carbons (Fsp3) is 0.150. The molecular formula is C20H15F2N3O4. The van der Waals surface area contributed by atoms with Crippen molar-refractivity contribution >= 4 is 17.5 Å². The SMILES string of the molecule is O=C(NC1COc2ccccc2N(Cc2ccc(F)cc2F)C1=O)c1ccon1. The molecule has 0 bridgehead atoms. The molecule has 29 heavy (non-hydrogen) atoms. The Morgan fingerprint density at radius 1 is 1.21 bits per heavy atom. The van der Waals surface area contributed by atoms with Crippen LogP contribution in [0, 0.1) is 11.6 Å². The van der Waals surface area contributed by atoms with E-state index in [-0.39, 0.29) is 24.4 Å². The summed E-state index contributed by atoms with van der Waals surface area (Å²) >= 11 is 0. The molecular weight excluding hydrogens is 384 g/mol. The van der Waals surface area contributed by atoms with Gasteiger partial charge in [0.2, 0.25) is 0 Å². The lowest BCUT2D eigenvalue weighted by Gasteiger charge is -2.25. The molecule has 0 aliphatic carbocycles. The minimum atomic E-state index is -1.05. The zero-order valence-electron chi connectivity index (χ0n) is 15.0. The minimum absolute atomic E-state index is 0.00990. The van der Waals surface area contributed by atoms with Crippen molar-refractivity contribution in [3.8, 4) is 5.75 Å². The first kappa shape index (κ1) is 18.6. The van der Waals surface area contributed by atoms with Crippen LogP contribution < -0.4 is 15.0 Å². The van der Waals surface area contributed by atoms with E-state index in [0.29, 0.717) is 11.4 Å². The molecule has 1 atom stereocenters. The summed E-state index contributed by atoms with van der Waals surface area (Å²) in [6, 6.07) is 10.2. The first-order valence-electron chi connectivity index (χ1n) is 8.71. The highest BCUT2D eigenvalue weighted by atomic mass is 19.1. The summed E-state index contributed by atoms with van der Waals surface area (Å²) < 4.78 is 37.8. The second-order valence-electron chi connectivity index (χ2n) is 6.35. The topological polar surface area (TPSA) is 84.7 Å². The van der Waals surface area contributed by atoms with Crippen molar-refractivity contribution in [2.45, 2.75) is 12.6 Å². The predicted octanol–water partition coefficient (Wildman–Crippen LogP) is 2.68. The standard InChI is InChI=1S/C20H15F2N3O4/c21-13-6-5-12(14(22)9-13)10-25-17-3-1-2-4-18(17)28-11-16(20(25)27)23-19(26)15-7-8-29-24-15/h1-9,16H,10-11H2,(H,23,26). The van der Waals surface area contributed by atoms with Gasteiger partial charge < -0.3 is 19.5 Å². The molecule has 3 aromatic rings. The van der Waals surface area contributed by atoms with Crippen molar-refractivity contribution in [3.63, 3.8) is 0 Å². The zero-order chi connectivity index (χ0) is 20.4. The Balaban J connectivity index is 1.65. The number of anilines is 1. The molecule has 0 saturated heterocycles. The number of ether oxygens (including phenoxy) is 1. The number of rotatable bonds is 4. The van der Waals surface area contributed by atoms with E-state index in [1.54, 1.807) is 24.3 Å². The summed E-state index contributed by atoms with van der Waals surface area (Å²) in [6.07, 6.45) is 1.24. The lowest BCUT2D eigenvalue weighted by atomic mass is 10.1. The third-order valence-electron chi connectivity index (χ3n) is 4.45. The molecule has 2 heterocycles. The van der Waals surface area contributed by atoms with Gasteiger partial charge in [-0.3, -0.25) is 9.59 Å². The molecule has 2 amide bonds. The molecule has 148 valence electrons. The smallest absolute Gasteiger partial charge is 0.274 e. The summed E-state index contributed by atoms with van der Waals surface area (Å²) in [6.45, 7) is -0.288. The number of para-hydroxylation sites is 2. The lowest BCUT2D eigenvalue weighted by molar-refractivity contribution is -0.120. The number of carbonyl (C=O) groups is 2. The Morgan fingerprint density at radius 3 is 2.79 bits per heavy atom. The van der Waals surface area contributed by atoms with E-state index in [4.69, 9.17) is 4.74 Å². The number of halogens is 2. The fourth-order valence-corrected chi connectivity index (χ4v) is 3.00. The molecule has 0 radical (unpaired) electrons. The van der Waals surface area contributed by atoms with Gasteiger partial charge in [0.15, 0.2) is 5.69 Å². The van der Waals surface area contributed by atoms with Gasteiger partial charge in [0.05, 0.1) is 12.2 Å². The normalized spacial score (nSPS) is 16.0. The maximum Gasteiger partial charge on any atom is 0.274 e. The number of nitrogens with zero attached hydrogens (tertiary/aromatic N) is 2. The second kappa shape index (κ2) is 7.70. The molecule has 9 heteroatoms. The van der Waals surface area contributed by atoms with Crippen molar-refractivity contribution in [1.29, 1.82) is 0 Å². The Kier molecular flexibility index (Phi) is 4.94. The van der Waals surface area contributed by atoms with Gasteiger partial charge in [-0.1, -0.05) is 23.4 Å². The van der Waals surface area contributed by atoms with Gasteiger partial charge in [-0.2, -0.15) is 0 Å². The summed E-state index contributed by atoms with van der Waals surface area (Å²) in [5.74, 6) is -2.20. The van der Waals surface area contributed by atoms with Crippen molar-refractivity contribution in [3.05, 3.63) is 77.7 Å². The second-order valence-corrected chi connectivity index (χ2v) is 6.35. The van der Waals surface area contributed by atoms with Crippen LogP contribution in [-0.4, -0.2) is 29.6 Å². The van der Waals surface area contributed by atoms with Crippen LogP contribution in [0.1, 0.15) is 16.1 Å². The van der Waals surface area contributed by atoms with Crippen molar-refractivity contribution in [1.82, 2.24) is 10.5 Å². The van der Waals surface area contributed by atoms with Crippen LogP contribution in [0.15, 0.2) is 59.3 Å². The molecule has 7 nitrogen and oxygen atoms in total. The van der Waals surface area contributed by atoms with E-state index in [2.05, 4.69) is 15.0 Å². The summed E-state index contributed by atoms with van der Waals surface area (Å²) in [7, 11) is 0. The molecule has 0 saturated carbocycles. The van der Waals surface area contributed by atoms with E-state index < -0.39 is 29.5 Å². The van der Waals surface area contributed by atoms with Gasteiger partial charge in [-0.25, -0.2) is 8.78 Å². The maximum absolute atomic E-state index is 14.2. The summed E-state index contributed by atoms with van der Waals surface area (Å²) in [4.78, 5) is 26.8. The number of hydrogen-bond acceptors (Lipinski definition) is 5. The van der Waals surface area contributed by atoms with E-state index in [1.807, 2.05) is 0 Å². The first-order valence-corrected chi connectivity index (χ1v) is 8.71. The third-order valence-corrected chi connectivity index (χ3v) is 4.45. The van der Waals surface area contributed by atoms with Gasteiger partial charge in [-0.05, 0) is 18.2 Å². The van der Waals surface area contributed by atoms with Crippen LogP contribution in [-0.2, 0) is 11.3 Å². The number of carbonyl (C=O) groups excluding carboxylic acids is 2. The zero-order valence-corrected chi connectivity index (χ0v) is 15.0. The van der Waals surface area contributed by atoms with Crippen LogP contribution in [0.5, 0.6) is 5.75 Å². The molecule has 1 aliphatic heterocycles. The summed E-state index contributed by atoms with van der Waals surface area (Å²) in [5.41, 5.74) is 0.549. The average Bonchev–Trinajstić information content (AvgIpc) is 3.21. The number of hydrogen-bond donors (Lipinski definition) is 1. The lowest BCUT2D eigenvalue weighted by Crippen LogP contribution is -2.50. The molecule has 0 fully saturated rings. The predicted molar refractivity (Wildman–Crippen MR) is 97.2 cm³/mol. The van der Waals surface area contributed by atoms with E-state index in [9.17, 15) is 18.4 Å². The van der Waals surface area contributed by atoms with Crippen LogP contribution in [0.4, 0.5) is 14.5 Å². The van der Waals surface area contributed by atoms with Crippen LogP contribution >= 0.6 is 0 Å².